The molecule has 4 nitrogen and oxygen atoms in total. The second-order valence-corrected chi connectivity index (χ2v) is 4.21. The van der Waals surface area contributed by atoms with Crippen LogP contribution < -0.4 is 5.73 Å². The number of primary amides is 1. The van der Waals surface area contributed by atoms with E-state index in [1.165, 1.54) is 12.8 Å². The molecule has 76 valence electrons. The first-order chi connectivity index (χ1) is 6.63. The highest BCUT2D eigenvalue weighted by Gasteiger charge is 2.35. The molecule has 1 fully saturated rings. The number of rotatable bonds is 2. The zero-order valence-electron chi connectivity index (χ0n) is 8.25. The Hall–Kier alpha value is -1.32. The Bertz CT molecular complexity index is 351. The summed E-state index contributed by atoms with van der Waals surface area (Å²) in [4.78, 5) is 11.1. The van der Waals surface area contributed by atoms with Crippen LogP contribution in [0.4, 0.5) is 0 Å². The predicted molar refractivity (Wildman–Crippen MR) is 50.8 cm³/mol. The summed E-state index contributed by atoms with van der Waals surface area (Å²) in [6, 6.07) is 0. The minimum Gasteiger partial charge on any atom is -0.364 e. The van der Waals surface area contributed by atoms with Gasteiger partial charge in [-0.25, -0.2) is 0 Å². The Labute approximate surface area is 82.4 Å². The molecule has 1 heterocycles. The summed E-state index contributed by atoms with van der Waals surface area (Å²) >= 11 is 0. The number of carbonyl (C=O) groups is 1. The maximum Gasteiger partial charge on any atom is 0.271 e. The Morgan fingerprint density at radius 2 is 2.21 bits per heavy atom. The molecule has 0 spiro atoms. The number of carbonyl (C=O) groups excluding carboxylic acids is 1. The van der Waals surface area contributed by atoms with Crippen molar-refractivity contribution in [2.45, 2.75) is 38.0 Å². The molecule has 1 aliphatic carbocycles. The van der Waals surface area contributed by atoms with Crippen LogP contribution in [0.1, 0.15) is 48.7 Å². The van der Waals surface area contributed by atoms with Gasteiger partial charge in [0.15, 0.2) is 5.69 Å². The lowest BCUT2D eigenvalue weighted by atomic mass is 9.81. The van der Waals surface area contributed by atoms with Crippen LogP contribution in [0, 0.1) is 0 Å². The number of nitrogens with zero attached hydrogens (tertiary/aromatic N) is 1. The van der Waals surface area contributed by atoms with Crippen molar-refractivity contribution in [3.8, 4) is 0 Å². The SMILES string of the molecule is CC1(c2conc2C(N)=O)CCCC1. The molecule has 0 aromatic carbocycles. The second kappa shape index (κ2) is 3.12. The lowest BCUT2D eigenvalue weighted by Crippen LogP contribution is -2.22. The van der Waals surface area contributed by atoms with E-state index in [4.69, 9.17) is 10.3 Å². The Morgan fingerprint density at radius 1 is 1.57 bits per heavy atom. The second-order valence-electron chi connectivity index (χ2n) is 4.21. The van der Waals surface area contributed by atoms with Crippen LogP contribution in [-0.4, -0.2) is 11.1 Å². The molecule has 0 aliphatic heterocycles. The molecule has 1 amide bonds. The molecule has 14 heavy (non-hydrogen) atoms. The summed E-state index contributed by atoms with van der Waals surface area (Å²) in [6.45, 7) is 2.14. The molecule has 0 saturated heterocycles. The van der Waals surface area contributed by atoms with Crippen LogP contribution in [0.15, 0.2) is 10.8 Å². The highest BCUT2D eigenvalue weighted by Crippen LogP contribution is 2.41. The minimum atomic E-state index is -0.498. The van der Waals surface area contributed by atoms with Crippen LogP contribution in [0.25, 0.3) is 0 Å². The number of hydrogen-bond donors (Lipinski definition) is 1. The van der Waals surface area contributed by atoms with Gasteiger partial charge in [-0.05, 0) is 18.3 Å². The summed E-state index contributed by atoms with van der Waals surface area (Å²) in [5, 5.41) is 3.66. The summed E-state index contributed by atoms with van der Waals surface area (Å²) < 4.78 is 4.83. The van der Waals surface area contributed by atoms with Crippen molar-refractivity contribution in [1.29, 1.82) is 0 Å². The molecule has 0 bridgehead atoms. The summed E-state index contributed by atoms with van der Waals surface area (Å²) in [5.74, 6) is -0.498. The zero-order chi connectivity index (χ0) is 10.2. The molecular weight excluding hydrogens is 180 g/mol. The molecule has 1 aromatic rings. The van der Waals surface area contributed by atoms with Gasteiger partial charge < -0.3 is 10.3 Å². The van der Waals surface area contributed by atoms with E-state index in [0.717, 1.165) is 18.4 Å². The molecule has 2 rings (SSSR count). The number of hydrogen-bond acceptors (Lipinski definition) is 3. The van der Waals surface area contributed by atoms with E-state index < -0.39 is 5.91 Å². The topological polar surface area (TPSA) is 69.1 Å². The van der Waals surface area contributed by atoms with Crippen molar-refractivity contribution in [2.75, 3.05) is 0 Å². The summed E-state index contributed by atoms with van der Waals surface area (Å²) in [7, 11) is 0. The summed E-state index contributed by atoms with van der Waals surface area (Å²) in [5.41, 5.74) is 6.43. The predicted octanol–water partition coefficient (Wildman–Crippen LogP) is 1.61. The van der Waals surface area contributed by atoms with Crippen molar-refractivity contribution >= 4 is 5.91 Å². The summed E-state index contributed by atoms with van der Waals surface area (Å²) in [6.07, 6.45) is 6.11. The normalized spacial score (nSPS) is 19.8. The van der Waals surface area contributed by atoms with Gasteiger partial charge in [0.1, 0.15) is 6.26 Å². The molecule has 1 aliphatic rings. The zero-order valence-corrected chi connectivity index (χ0v) is 8.25. The van der Waals surface area contributed by atoms with Crippen LogP contribution in [0.5, 0.6) is 0 Å². The van der Waals surface area contributed by atoms with Crippen molar-refractivity contribution in [3.05, 3.63) is 17.5 Å². The van der Waals surface area contributed by atoms with E-state index in [0.29, 0.717) is 5.69 Å². The van der Waals surface area contributed by atoms with E-state index in [1.807, 2.05) is 0 Å². The highest BCUT2D eigenvalue weighted by molar-refractivity contribution is 5.92. The molecule has 0 atom stereocenters. The molecule has 0 unspecified atom stereocenters. The highest BCUT2D eigenvalue weighted by atomic mass is 16.5. The lowest BCUT2D eigenvalue weighted by Gasteiger charge is -2.21. The fraction of sp³-hybridized carbons (Fsp3) is 0.600. The fourth-order valence-electron chi connectivity index (χ4n) is 2.27. The Kier molecular flexibility index (Phi) is 2.06. The average molecular weight is 194 g/mol. The smallest absolute Gasteiger partial charge is 0.271 e. The number of aromatic nitrogens is 1. The van der Waals surface area contributed by atoms with Crippen molar-refractivity contribution < 1.29 is 9.32 Å². The third kappa shape index (κ3) is 1.31. The molecule has 0 radical (unpaired) electrons. The first-order valence-electron chi connectivity index (χ1n) is 4.88. The largest absolute Gasteiger partial charge is 0.364 e. The van der Waals surface area contributed by atoms with Gasteiger partial charge in [-0.15, -0.1) is 0 Å². The van der Waals surface area contributed by atoms with Gasteiger partial charge >= 0.3 is 0 Å². The van der Waals surface area contributed by atoms with E-state index >= 15 is 0 Å². The molecule has 1 saturated carbocycles. The van der Waals surface area contributed by atoms with Gasteiger partial charge in [0, 0.05) is 5.56 Å². The van der Waals surface area contributed by atoms with Crippen molar-refractivity contribution in [2.24, 2.45) is 5.73 Å². The third-order valence-electron chi connectivity index (χ3n) is 3.16. The monoisotopic (exact) mass is 194 g/mol. The molecule has 4 heteroatoms. The van der Waals surface area contributed by atoms with Crippen LogP contribution >= 0.6 is 0 Å². The first-order valence-corrected chi connectivity index (χ1v) is 4.88. The van der Waals surface area contributed by atoms with Crippen molar-refractivity contribution in [1.82, 2.24) is 5.16 Å². The van der Waals surface area contributed by atoms with Gasteiger partial charge in [-0.3, -0.25) is 4.79 Å². The molecular formula is C10H14N2O2. The van der Waals surface area contributed by atoms with Crippen LogP contribution in [0.3, 0.4) is 0 Å². The average Bonchev–Trinajstić information content (AvgIpc) is 2.71. The fourth-order valence-corrected chi connectivity index (χ4v) is 2.27. The Balaban J connectivity index is 2.40. The van der Waals surface area contributed by atoms with Gasteiger partial charge in [0.25, 0.3) is 5.91 Å². The van der Waals surface area contributed by atoms with E-state index in [-0.39, 0.29) is 5.41 Å². The first kappa shape index (κ1) is 9.24. The number of nitrogens with two attached hydrogens (primary N) is 1. The van der Waals surface area contributed by atoms with E-state index in [9.17, 15) is 4.79 Å². The third-order valence-corrected chi connectivity index (χ3v) is 3.16. The van der Waals surface area contributed by atoms with E-state index in [2.05, 4.69) is 12.1 Å². The van der Waals surface area contributed by atoms with Gasteiger partial charge in [-0.2, -0.15) is 0 Å². The maximum absolute atomic E-state index is 11.1. The molecule has 1 aromatic heterocycles. The van der Waals surface area contributed by atoms with E-state index in [1.54, 1.807) is 6.26 Å². The minimum absolute atomic E-state index is 0.0321. The van der Waals surface area contributed by atoms with Gasteiger partial charge in [-0.1, -0.05) is 24.9 Å². The van der Waals surface area contributed by atoms with Gasteiger partial charge in [0.05, 0.1) is 0 Å². The quantitative estimate of drug-likeness (QED) is 0.777. The number of amides is 1. The molecule has 2 N–H and O–H groups in total. The van der Waals surface area contributed by atoms with Gasteiger partial charge in [0.2, 0.25) is 0 Å². The van der Waals surface area contributed by atoms with Crippen molar-refractivity contribution in [3.63, 3.8) is 0 Å². The maximum atomic E-state index is 11.1. The Morgan fingerprint density at radius 3 is 2.79 bits per heavy atom. The lowest BCUT2D eigenvalue weighted by molar-refractivity contribution is 0.0989. The van der Waals surface area contributed by atoms with Crippen LogP contribution in [0.2, 0.25) is 0 Å². The van der Waals surface area contributed by atoms with Crippen LogP contribution in [-0.2, 0) is 5.41 Å². The standard InChI is InChI=1S/C10H14N2O2/c1-10(4-2-3-5-10)7-6-14-12-8(7)9(11)13/h6H,2-5H2,1H3,(H2,11,13).